The summed E-state index contributed by atoms with van der Waals surface area (Å²) >= 11 is 0. The zero-order valence-corrected chi connectivity index (χ0v) is 15.3. The molecule has 0 N–H and O–H groups in total. The van der Waals surface area contributed by atoms with E-state index in [1.54, 1.807) is 0 Å². The van der Waals surface area contributed by atoms with Gasteiger partial charge in [0.1, 0.15) is 6.61 Å². The van der Waals surface area contributed by atoms with Crippen molar-refractivity contribution < 1.29 is 9.53 Å². The minimum absolute atomic E-state index is 0.117. The van der Waals surface area contributed by atoms with Gasteiger partial charge in [-0.3, -0.25) is 4.79 Å². The van der Waals surface area contributed by atoms with E-state index in [1.807, 2.05) is 18.9 Å². The molecule has 1 saturated carbocycles. The maximum atomic E-state index is 11.9. The normalized spacial score (nSPS) is 27.1. The molecule has 23 heavy (non-hydrogen) atoms. The first-order valence-corrected chi connectivity index (χ1v) is 9.31. The number of carbonyl (C=O) groups is 1. The third-order valence-electron chi connectivity index (χ3n) is 5.47. The molecule has 134 valence electrons. The van der Waals surface area contributed by atoms with Crippen LogP contribution in [0.4, 0.5) is 0 Å². The van der Waals surface area contributed by atoms with Gasteiger partial charge in [0, 0.05) is 52.9 Å². The molecule has 1 heterocycles. The summed E-state index contributed by atoms with van der Waals surface area (Å²) in [5, 5.41) is 0. The Morgan fingerprint density at radius 3 is 2.30 bits per heavy atom. The Kier molecular flexibility index (Phi) is 7.80. The number of piperazine rings is 1. The summed E-state index contributed by atoms with van der Waals surface area (Å²) in [6, 6.07) is 0. The van der Waals surface area contributed by atoms with Crippen molar-refractivity contribution in [1.82, 2.24) is 14.7 Å². The lowest BCUT2D eigenvalue weighted by atomic mass is 9.81. The number of amides is 1. The molecule has 0 spiro atoms. The predicted octanol–water partition coefficient (Wildman–Crippen LogP) is 1.54. The van der Waals surface area contributed by atoms with Crippen LogP contribution in [-0.2, 0) is 9.53 Å². The van der Waals surface area contributed by atoms with Crippen molar-refractivity contribution in [2.45, 2.75) is 32.6 Å². The van der Waals surface area contributed by atoms with Crippen LogP contribution in [0.25, 0.3) is 0 Å². The van der Waals surface area contributed by atoms with E-state index in [4.69, 9.17) is 4.74 Å². The number of ether oxygens (including phenoxy) is 1. The smallest absolute Gasteiger partial charge is 0.248 e. The molecule has 1 aliphatic heterocycles. The Labute approximate surface area is 141 Å². The topological polar surface area (TPSA) is 36.0 Å². The molecule has 0 aromatic rings. The van der Waals surface area contributed by atoms with Crippen molar-refractivity contribution in [2.75, 3.05) is 66.6 Å². The Hall–Kier alpha value is -0.650. The summed E-state index contributed by atoms with van der Waals surface area (Å²) in [6.07, 6.45) is 5.18. The summed E-state index contributed by atoms with van der Waals surface area (Å²) in [7, 11) is 4.13. The molecular formula is C18H35N3O2. The number of rotatable bonds is 7. The maximum absolute atomic E-state index is 11.9. The van der Waals surface area contributed by atoms with Crippen molar-refractivity contribution in [3.05, 3.63) is 0 Å². The first-order valence-electron chi connectivity index (χ1n) is 9.31. The van der Waals surface area contributed by atoms with Gasteiger partial charge in [0.15, 0.2) is 0 Å². The maximum Gasteiger partial charge on any atom is 0.248 e. The largest absolute Gasteiger partial charge is 0.372 e. The molecule has 0 bridgehead atoms. The monoisotopic (exact) mass is 325 g/mol. The molecule has 2 rings (SSSR count). The molecule has 2 aliphatic rings. The van der Waals surface area contributed by atoms with Crippen molar-refractivity contribution >= 4 is 5.91 Å². The Morgan fingerprint density at radius 2 is 1.70 bits per heavy atom. The zero-order chi connectivity index (χ0) is 16.7. The van der Waals surface area contributed by atoms with E-state index in [1.165, 1.54) is 58.4 Å². The molecule has 0 aromatic carbocycles. The number of likely N-dealkylation sites (N-methyl/N-ethyl adjacent to an activating group) is 2. The Balaban J connectivity index is 1.62. The highest BCUT2D eigenvalue weighted by atomic mass is 16.5. The second kappa shape index (κ2) is 9.60. The van der Waals surface area contributed by atoms with Gasteiger partial charge in [0.25, 0.3) is 0 Å². The summed E-state index contributed by atoms with van der Waals surface area (Å²) < 4.78 is 5.21. The Bertz CT molecular complexity index is 348. The average Bonchev–Trinajstić information content (AvgIpc) is 2.56. The fourth-order valence-electron chi connectivity index (χ4n) is 3.78. The minimum atomic E-state index is 0.117. The number of carbonyl (C=O) groups excluding carboxylic acids is 1. The lowest BCUT2D eigenvalue weighted by Gasteiger charge is -2.37. The van der Waals surface area contributed by atoms with Crippen molar-refractivity contribution in [3.63, 3.8) is 0 Å². The van der Waals surface area contributed by atoms with E-state index in [2.05, 4.69) is 16.8 Å². The highest BCUT2D eigenvalue weighted by Gasteiger charge is 2.25. The third-order valence-corrected chi connectivity index (χ3v) is 5.47. The van der Waals surface area contributed by atoms with E-state index < -0.39 is 0 Å². The first kappa shape index (κ1) is 18.7. The zero-order valence-electron chi connectivity index (χ0n) is 15.3. The molecule has 0 atom stereocenters. The van der Waals surface area contributed by atoms with E-state index in [9.17, 15) is 4.79 Å². The molecular weight excluding hydrogens is 290 g/mol. The van der Waals surface area contributed by atoms with Gasteiger partial charge < -0.3 is 19.4 Å². The molecule has 0 aromatic heterocycles. The Morgan fingerprint density at radius 1 is 1.09 bits per heavy atom. The average molecular weight is 325 g/mol. The van der Waals surface area contributed by atoms with Gasteiger partial charge in [-0.05, 0) is 51.5 Å². The quantitative estimate of drug-likeness (QED) is 0.711. The fourth-order valence-corrected chi connectivity index (χ4v) is 3.78. The summed E-state index contributed by atoms with van der Waals surface area (Å²) in [6.45, 7) is 9.81. The van der Waals surface area contributed by atoms with Gasteiger partial charge in [-0.1, -0.05) is 0 Å². The second-order valence-electron chi connectivity index (χ2n) is 7.40. The molecule has 0 unspecified atom stereocenters. The fraction of sp³-hybridized carbons (Fsp3) is 0.944. The van der Waals surface area contributed by atoms with E-state index in [-0.39, 0.29) is 12.5 Å². The SMILES string of the molecule is CCOCC(=O)N(C)CC1CCC(CN2CCN(C)CC2)CC1. The van der Waals surface area contributed by atoms with E-state index in [0.717, 1.165) is 12.5 Å². The van der Waals surface area contributed by atoms with Crippen molar-refractivity contribution in [1.29, 1.82) is 0 Å². The molecule has 1 amide bonds. The molecule has 1 saturated heterocycles. The van der Waals surface area contributed by atoms with Gasteiger partial charge in [-0.2, -0.15) is 0 Å². The molecule has 0 radical (unpaired) electrons. The number of nitrogens with zero attached hydrogens (tertiary/aromatic N) is 3. The van der Waals surface area contributed by atoms with Gasteiger partial charge in [-0.25, -0.2) is 0 Å². The second-order valence-corrected chi connectivity index (χ2v) is 7.40. The minimum Gasteiger partial charge on any atom is -0.372 e. The van der Waals surface area contributed by atoms with Crippen LogP contribution in [0.3, 0.4) is 0 Å². The van der Waals surface area contributed by atoms with Gasteiger partial charge in [0.05, 0.1) is 0 Å². The molecule has 5 heteroatoms. The third kappa shape index (κ3) is 6.40. The lowest BCUT2D eigenvalue weighted by Crippen LogP contribution is -2.46. The number of hydrogen-bond donors (Lipinski definition) is 0. The van der Waals surface area contributed by atoms with Crippen molar-refractivity contribution in [2.24, 2.45) is 11.8 Å². The van der Waals surface area contributed by atoms with Crippen LogP contribution in [-0.4, -0.2) is 87.2 Å². The van der Waals surface area contributed by atoms with Gasteiger partial charge in [0.2, 0.25) is 5.91 Å². The van der Waals surface area contributed by atoms with Crippen molar-refractivity contribution in [3.8, 4) is 0 Å². The first-order chi connectivity index (χ1) is 11.1. The van der Waals surface area contributed by atoms with Crippen LogP contribution in [0.15, 0.2) is 0 Å². The molecule has 5 nitrogen and oxygen atoms in total. The van der Waals surface area contributed by atoms with Crippen LogP contribution in [0, 0.1) is 11.8 Å². The number of hydrogen-bond acceptors (Lipinski definition) is 4. The van der Waals surface area contributed by atoms with Crippen LogP contribution in [0.1, 0.15) is 32.6 Å². The van der Waals surface area contributed by atoms with Gasteiger partial charge >= 0.3 is 0 Å². The van der Waals surface area contributed by atoms with Gasteiger partial charge in [-0.15, -0.1) is 0 Å². The summed E-state index contributed by atoms with van der Waals surface area (Å²) in [5.41, 5.74) is 0. The predicted molar refractivity (Wildman–Crippen MR) is 93.5 cm³/mol. The molecule has 1 aliphatic carbocycles. The molecule has 2 fully saturated rings. The summed E-state index contributed by atoms with van der Waals surface area (Å²) in [5.74, 6) is 1.65. The summed E-state index contributed by atoms with van der Waals surface area (Å²) in [4.78, 5) is 18.8. The standard InChI is InChI=1S/C18H35N3O2/c1-4-23-15-18(22)20(3)13-16-5-7-17(8-6-16)14-21-11-9-19(2)10-12-21/h16-17H,4-15H2,1-3H3. The van der Waals surface area contributed by atoms with Crippen LogP contribution in [0.2, 0.25) is 0 Å². The van der Waals surface area contributed by atoms with E-state index >= 15 is 0 Å². The van der Waals surface area contributed by atoms with Crippen LogP contribution >= 0.6 is 0 Å². The highest BCUT2D eigenvalue weighted by Crippen LogP contribution is 2.30. The van der Waals surface area contributed by atoms with Crippen LogP contribution in [0.5, 0.6) is 0 Å². The van der Waals surface area contributed by atoms with Crippen LogP contribution < -0.4 is 0 Å². The lowest BCUT2D eigenvalue weighted by molar-refractivity contribution is -0.135. The van der Waals surface area contributed by atoms with E-state index in [0.29, 0.717) is 12.5 Å². The highest BCUT2D eigenvalue weighted by molar-refractivity contribution is 5.77.